The van der Waals surface area contributed by atoms with Crippen molar-refractivity contribution in [2.24, 2.45) is 0 Å². The van der Waals surface area contributed by atoms with E-state index in [0.717, 1.165) is 31.2 Å². The fraction of sp³-hybridized carbons (Fsp3) is 0.462. The van der Waals surface area contributed by atoms with Crippen molar-refractivity contribution < 1.29 is 9.53 Å². The summed E-state index contributed by atoms with van der Waals surface area (Å²) in [6.07, 6.45) is 7.21. The summed E-state index contributed by atoms with van der Waals surface area (Å²) in [5.41, 5.74) is 5.29. The van der Waals surface area contributed by atoms with Crippen LogP contribution in [0.4, 0.5) is 0 Å². The molecule has 158 valence electrons. The number of fused-ring (bicyclic) bond motifs is 1. The minimum Gasteiger partial charge on any atom is -0.462 e. The Bertz CT molecular complexity index is 949. The fourth-order valence-corrected chi connectivity index (χ4v) is 5.53. The number of benzene rings is 1. The molecular weight excluding hydrogens is 390 g/mol. The highest BCUT2D eigenvalue weighted by Crippen LogP contribution is 2.46. The number of aromatic nitrogens is 1. The number of hydrogen-bond donors (Lipinski definition) is 0. The van der Waals surface area contributed by atoms with Crippen LogP contribution in [0.3, 0.4) is 0 Å². The number of nitrogens with zero attached hydrogens (tertiary/aromatic N) is 1. The summed E-state index contributed by atoms with van der Waals surface area (Å²) in [4.78, 5) is 17.6. The van der Waals surface area contributed by atoms with Crippen molar-refractivity contribution in [2.45, 2.75) is 70.1 Å². The lowest BCUT2D eigenvalue weighted by atomic mass is 9.72. The lowest BCUT2D eigenvalue weighted by Crippen LogP contribution is -2.29. The first-order valence-electron chi connectivity index (χ1n) is 11.0. The molecule has 1 aromatic heterocycles. The van der Waals surface area contributed by atoms with Gasteiger partial charge in [0.1, 0.15) is 5.69 Å². The van der Waals surface area contributed by atoms with Crippen LogP contribution in [0.1, 0.15) is 86.1 Å². The van der Waals surface area contributed by atoms with Crippen LogP contribution < -0.4 is 0 Å². The summed E-state index contributed by atoms with van der Waals surface area (Å²) in [7, 11) is 0. The largest absolute Gasteiger partial charge is 0.462 e. The number of aryl methyl sites for hydroxylation is 1. The van der Waals surface area contributed by atoms with Gasteiger partial charge in [0.05, 0.1) is 12.2 Å². The van der Waals surface area contributed by atoms with Gasteiger partial charge in [-0.05, 0) is 85.1 Å². The first-order valence-corrected chi connectivity index (χ1v) is 12.0. The zero-order chi connectivity index (χ0) is 21.6. The summed E-state index contributed by atoms with van der Waals surface area (Å²) in [5.74, 6) is 7.44. The SMILES string of the molecule is CCCc1cc2c(cc1C#Cc1ccc(C(=O)OCC)cn1)C(CC)(CC)CCS2. The number of ether oxygens (including phenoxy) is 1. The molecule has 0 N–H and O–H groups in total. The van der Waals surface area contributed by atoms with E-state index in [-0.39, 0.29) is 11.4 Å². The highest BCUT2D eigenvalue weighted by molar-refractivity contribution is 7.99. The van der Waals surface area contributed by atoms with Crippen molar-refractivity contribution in [1.29, 1.82) is 0 Å². The Balaban J connectivity index is 1.97. The molecule has 0 radical (unpaired) electrons. The zero-order valence-electron chi connectivity index (χ0n) is 18.5. The fourth-order valence-electron chi connectivity index (χ4n) is 4.16. The van der Waals surface area contributed by atoms with Gasteiger partial charge in [0.15, 0.2) is 0 Å². The minimum absolute atomic E-state index is 0.265. The van der Waals surface area contributed by atoms with Crippen LogP contribution in [0.2, 0.25) is 0 Å². The molecule has 2 aromatic rings. The standard InChI is InChI=1S/C26H31NO2S/c1-5-9-19-17-24-23(26(6-2,7-3)14-15-30-24)16-20(19)10-12-22-13-11-21(18-27-22)25(28)29-8-4/h11,13,16-18H,5-9,14-15H2,1-4H3. The average Bonchev–Trinajstić information content (AvgIpc) is 2.78. The molecule has 30 heavy (non-hydrogen) atoms. The summed E-state index contributed by atoms with van der Waals surface area (Å²) in [5, 5.41) is 0. The van der Waals surface area contributed by atoms with Crippen LogP contribution in [-0.4, -0.2) is 23.3 Å². The summed E-state index contributed by atoms with van der Waals surface area (Å²) < 4.78 is 5.02. The summed E-state index contributed by atoms with van der Waals surface area (Å²) >= 11 is 1.99. The normalized spacial score (nSPS) is 14.4. The molecule has 1 aliphatic rings. The molecule has 4 heteroatoms. The lowest BCUT2D eigenvalue weighted by molar-refractivity contribution is 0.0526. The second-order valence-corrected chi connectivity index (χ2v) is 8.88. The molecule has 0 atom stereocenters. The van der Waals surface area contributed by atoms with Crippen LogP contribution in [-0.2, 0) is 16.6 Å². The smallest absolute Gasteiger partial charge is 0.339 e. The molecule has 0 bridgehead atoms. The first-order chi connectivity index (χ1) is 14.6. The van der Waals surface area contributed by atoms with E-state index < -0.39 is 0 Å². The molecule has 0 amide bonds. The Kier molecular flexibility index (Phi) is 7.61. The summed E-state index contributed by atoms with van der Waals surface area (Å²) in [6, 6.07) is 8.24. The van der Waals surface area contributed by atoms with Gasteiger partial charge in [0.2, 0.25) is 0 Å². The van der Waals surface area contributed by atoms with Gasteiger partial charge in [-0.25, -0.2) is 9.78 Å². The molecule has 1 aromatic carbocycles. The quantitative estimate of drug-likeness (QED) is 0.413. The third kappa shape index (κ3) is 4.73. The zero-order valence-corrected chi connectivity index (χ0v) is 19.3. The predicted molar refractivity (Wildman–Crippen MR) is 124 cm³/mol. The van der Waals surface area contributed by atoms with Gasteiger partial charge in [-0.2, -0.15) is 0 Å². The van der Waals surface area contributed by atoms with E-state index in [0.29, 0.717) is 17.9 Å². The Morgan fingerprint density at radius 3 is 2.60 bits per heavy atom. The van der Waals surface area contributed by atoms with Crippen molar-refractivity contribution in [3.63, 3.8) is 0 Å². The number of esters is 1. The van der Waals surface area contributed by atoms with E-state index in [1.807, 2.05) is 11.8 Å². The maximum atomic E-state index is 11.8. The Morgan fingerprint density at radius 1 is 1.17 bits per heavy atom. The van der Waals surface area contributed by atoms with E-state index in [2.05, 4.69) is 49.7 Å². The average molecular weight is 422 g/mol. The van der Waals surface area contributed by atoms with Crippen LogP contribution in [0.25, 0.3) is 0 Å². The van der Waals surface area contributed by atoms with Gasteiger partial charge in [-0.15, -0.1) is 11.8 Å². The maximum Gasteiger partial charge on any atom is 0.339 e. The van der Waals surface area contributed by atoms with Crippen molar-refractivity contribution in [2.75, 3.05) is 12.4 Å². The van der Waals surface area contributed by atoms with Gasteiger partial charge >= 0.3 is 5.97 Å². The van der Waals surface area contributed by atoms with E-state index in [1.54, 1.807) is 19.1 Å². The summed E-state index contributed by atoms with van der Waals surface area (Å²) in [6.45, 7) is 8.98. The van der Waals surface area contributed by atoms with E-state index >= 15 is 0 Å². The molecular formula is C26H31NO2S. The van der Waals surface area contributed by atoms with Crippen molar-refractivity contribution in [1.82, 2.24) is 4.98 Å². The number of hydrogen-bond acceptors (Lipinski definition) is 4. The van der Waals surface area contributed by atoms with E-state index in [4.69, 9.17) is 4.74 Å². The topological polar surface area (TPSA) is 39.2 Å². The Hall–Kier alpha value is -2.25. The molecule has 0 aliphatic carbocycles. The molecule has 1 aliphatic heterocycles. The van der Waals surface area contributed by atoms with Crippen molar-refractivity contribution in [3.05, 3.63) is 58.4 Å². The minimum atomic E-state index is -0.350. The molecule has 0 saturated carbocycles. The monoisotopic (exact) mass is 421 g/mol. The van der Waals surface area contributed by atoms with Crippen LogP contribution >= 0.6 is 11.8 Å². The third-order valence-electron chi connectivity index (χ3n) is 6.09. The maximum absolute atomic E-state index is 11.8. The highest BCUT2D eigenvalue weighted by Gasteiger charge is 2.34. The lowest BCUT2D eigenvalue weighted by Gasteiger charge is -2.38. The third-order valence-corrected chi connectivity index (χ3v) is 7.14. The molecule has 3 nitrogen and oxygen atoms in total. The second-order valence-electron chi connectivity index (χ2n) is 7.74. The van der Waals surface area contributed by atoms with Crippen LogP contribution in [0.15, 0.2) is 35.4 Å². The van der Waals surface area contributed by atoms with Crippen LogP contribution in [0, 0.1) is 11.8 Å². The molecule has 0 spiro atoms. The molecule has 2 heterocycles. The number of carbonyl (C=O) groups is 1. The number of rotatable bonds is 6. The number of pyridine rings is 1. The van der Waals surface area contributed by atoms with Gasteiger partial charge in [-0.1, -0.05) is 33.1 Å². The van der Waals surface area contributed by atoms with Gasteiger partial charge in [0.25, 0.3) is 0 Å². The molecule has 3 rings (SSSR count). The van der Waals surface area contributed by atoms with Crippen molar-refractivity contribution in [3.8, 4) is 11.8 Å². The van der Waals surface area contributed by atoms with Gasteiger partial charge < -0.3 is 4.74 Å². The predicted octanol–water partition coefficient (Wildman–Crippen LogP) is 6.16. The second kappa shape index (κ2) is 10.2. The number of thioether (sulfide) groups is 1. The van der Waals surface area contributed by atoms with E-state index in [1.165, 1.54) is 34.4 Å². The number of carbonyl (C=O) groups excluding carboxylic acids is 1. The van der Waals surface area contributed by atoms with Gasteiger partial charge in [-0.3, -0.25) is 0 Å². The first kappa shape index (κ1) is 22.4. The Labute approximate surface area is 185 Å². The van der Waals surface area contributed by atoms with Crippen molar-refractivity contribution >= 4 is 17.7 Å². The molecule has 0 fully saturated rings. The van der Waals surface area contributed by atoms with Crippen LogP contribution in [0.5, 0.6) is 0 Å². The molecule has 0 saturated heterocycles. The van der Waals surface area contributed by atoms with E-state index in [9.17, 15) is 4.79 Å². The molecule has 0 unspecified atom stereocenters. The van der Waals surface area contributed by atoms with Gasteiger partial charge in [0, 0.05) is 16.7 Å². The Morgan fingerprint density at radius 2 is 1.97 bits per heavy atom. The highest BCUT2D eigenvalue weighted by atomic mass is 32.2.